The predicted octanol–water partition coefficient (Wildman–Crippen LogP) is 3.28. The number of hydrogen-bond acceptors (Lipinski definition) is 8. The first kappa shape index (κ1) is 17.6. The van der Waals surface area contributed by atoms with Gasteiger partial charge in [0.2, 0.25) is 5.79 Å². The lowest BCUT2D eigenvalue weighted by atomic mass is 10.1. The Bertz CT molecular complexity index is 735. The lowest BCUT2D eigenvalue weighted by molar-refractivity contribution is -0.225. The van der Waals surface area contributed by atoms with Crippen molar-refractivity contribution in [3.8, 4) is 0 Å². The lowest BCUT2D eigenvalue weighted by Crippen LogP contribution is -2.29. The Hall–Kier alpha value is -0.770. The zero-order valence-corrected chi connectivity index (χ0v) is 15.8. The Kier molecular flexibility index (Phi) is 5.26. The van der Waals surface area contributed by atoms with Crippen LogP contribution < -0.4 is 0 Å². The number of fused-ring (bicyclic) bond motifs is 1. The molecule has 0 aliphatic carbocycles. The van der Waals surface area contributed by atoms with Crippen LogP contribution in [0.1, 0.15) is 37.0 Å². The number of rotatable bonds is 5. The van der Waals surface area contributed by atoms with Crippen LogP contribution in [0.5, 0.6) is 0 Å². The molecule has 1 N–H and O–H groups in total. The van der Waals surface area contributed by atoms with Gasteiger partial charge in [-0.05, 0) is 31.9 Å². The van der Waals surface area contributed by atoms with Gasteiger partial charge in [0.1, 0.15) is 11.4 Å². The third-order valence-corrected chi connectivity index (χ3v) is 6.49. The van der Waals surface area contributed by atoms with Gasteiger partial charge in [-0.3, -0.25) is 0 Å². The number of thioether (sulfide) groups is 1. The second-order valence-electron chi connectivity index (χ2n) is 6.40. The lowest BCUT2D eigenvalue weighted by Gasteiger charge is -2.25. The SMILES string of the molecule is CSc1ncnc2c(C3(O)CCC(COC4CCCCO4)O3)scc12. The van der Waals surface area contributed by atoms with Crippen molar-refractivity contribution >= 4 is 34.0 Å². The topological polar surface area (TPSA) is 73.7 Å². The van der Waals surface area contributed by atoms with Gasteiger partial charge in [-0.2, -0.15) is 0 Å². The zero-order valence-electron chi connectivity index (χ0n) is 14.1. The van der Waals surface area contributed by atoms with Gasteiger partial charge in [-0.15, -0.1) is 23.1 Å². The molecule has 2 fully saturated rings. The molecule has 136 valence electrons. The highest BCUT2D eigenvalue weighted by Crippen LogP contribution is 2.44. The number of nitrogens with zero attached hydrogens (tertiary/aromatic N) is 2. The Morgan fingerprint density at radius 3 is 3.12 bits per heavy atom. The van der Waals surface area contributed by atoms with E-state index >= 15 is 0 Å². The van der Waals surface area contributed by atoms with Crippen molar-refractivity contribution in [2.75, 3.05) is 19.5 Å². The maximum absolute atomic E-state index is 11.1. The summed E-state index contributed by atoms with van der Waals surface area (Å²) in [6.45, 7) is 1.21. The molecule has 6 nitrogen and oxygen atoms in total. The first-order valence-corrected chi connectivity index (χ1v) is 10.7. The minimum Gasteiger partial charge on any atom is -0.361 e. The first-order valence-electron chi connectivity index (χ1n) is 8.59. The quantitative estimate of drug-likeness (QED) is 0.628. The van der Waals surface area contributed by atoms with Gasteiger partial charge in [0.15, 0.2) is 6.29 Å². The second kappa shape index (κ2) is 7.46. The van der Waals surface area contributed by atoms with Gasteiger partial charge in [0, 0.05) is 23.8 Å². The average molecular weight is 383 g/mol. The molecule has 3 atom stereocenters. The molecule has 8 heteroatoms. The van der Waals surface area contributed by atoms with E-state index in [1.165, 1.54) is 11.3 Å². The molecule has 2 saturated heterocycles. The molecule has 2 aliphatic rings. The molecule has 0 amide bonds. The second-order valence-corrected chi connectivity index (χ2v) is 8.08. The summed E-state index contributed by atoms with van der Waals surface area (Å²) >= 11 is 3.06. The average Bonchev–Trinajstić information content (AvgIpc) is 3.25. The molecule has 3 unspecified atom stereocenters. The van der Waals surface area contributed by atoms with Crippen LogP contribution in [-0.4, -0.2) is 46.9 Å². The summed E-state index contributed by atoms with van der Waals surface area (Å²) in [6.07, 6.45) is 7.73. The predicted molar refractivity (Wildman–Crippen MR) is 96.7 cm³/mol. The van der Waals surface area contributed by atoms with Gasteiger partial charge < -0.3 is 19.3 Å². The number of ether oxygens (including phenoxy) is 3. The molecule has 4 rings (SSSR count). The minimum absolute atomic E-state index is 0.130. The molecular weight excluding hydrogens is 360 g/mol. The van der Waals surface area contributed by atoms with Crippen LogP contribution in [0, 0.1) is 0 Å². The Labute approximate surface area is 154 Å². The van der Waals surface area contributed by atoms with Crippen molar-refractivity contribution < 1.29 is 19.3 Å². The molecule has 4 heterocycles. The minimum atomic E-state index is -1.29. The Morgan fingerprint density at radius 1 is 1.40 bits per heavy atom. The maximum Gasteiger partial charge on any atom is 0.204 e. The van der Waals surface area contributed by atoms with Crippen molar-refractivity contribution in [2.45, 2.75) is 55.3 Å². The Balaban J connectivity index is 1.46. The largest absolute Gasteiger partial charge is 0.361 e. The van der Waals surface area contributed by atoms with Crippen LogP contribution in [-0.2, 0) is 20.0 Å². The summed E-state index contributed by atoms with van der Waals surface area (Å²) < 4.78 is 17.4. The monoisotopic (exact) mass is 382 g/mol. The molecule has 0 spiro atoms. The summed E-state index contributed by atoms with van der Waals surface area (Å²) in [6, 6.07) is 0. The normalized spacial score (nSPS) is 30.2. The first-order chi connectivity index (χ1) is 12.2. The van der Waals surface area contributed by atoms with Crippen LogP contribution in [0.3, 0.4) is 0 Å². The Morgan fingerprint density at radius 2 is 2.32 bits per heavy atom. The van der Waals surface area contributed by atoms with Crippen LogP contribution in [0.2, 0.25) is 0 Å². The van der Waals surface area contributed by atoms with E-state index in [0.717, 1.165) is 53.1 Å². The van der Waals surface area contributed by atoms with Crippen molar-refractivity contribution in [2.24, 2.45) is 0 Å². The van der Waals surface area contributed by atoms with E-state index in [1.54, 1.807) is 18.1 Å². The number of hydrogen-bond donors (Lipinski definition) is 1. The van der Waals surface area contributed by atoms with E-state index in [0.29, 0.717) is 13.0 Å². The molecule has 2 aromatic rings. The van der Waals surface area contributed by atoms with Crippen molar-refractivity contribution in [3.05, 3.63) is 16.6 Å². The highest BCUT2D eigenvalue weighted by atomic mass is 32.2. The molecule has 2 aliphatic heterocycles. The summed E-state index contributed by atoms with van der Waals surface area (Å²) in [5.41, 5.74) is 0.782. The van der Waals surface area contributed by atoms with Crippen LogP contribution in [0.4, 0.5) is 0 Å². The third-order valence-electron chi connectivity index (χ3n) is 4.68. The highest BCUT2D eigenvalue weighted by Gasteiger charge is 2.43. The number of aliphatic hydroxyl groups is 1. The molecule has 0 radical (unpaired) electrons. The molecule has 2 aromatic heterocycles. The number of thiophene rings is 1. The van der Waals surface area contributed by atoms with E-state index in [9.17, 15) is 5.11 Å². The third kappa shape index (κ3) is 3.56. The van der Waals surface area contributed by atoms with Gasteiger partial charge in [-0.1, -0.05) is 0 Å². The zero-order chi connectivity index (χ0) is 17.3. The van der Waals surface area contributed by atoms with E-state index in [2.05, 4.69) is 9.97 Å². The molecule has 0 saturated carbocycles. The van der Waals surface area contributed by atoms with E-state index in [4.69, 9.17) is 14.2 Å². The van der Waals surface area contributed by atoms with E-state index in [1.807, 2.05) is 11.6 Å². The van der Waals surface area contributed by atoms with Gasteiger partial charge in [-0.25, -0.2) is 9.97 Å². The van der Waals surface area contributed by atoms with Crippen LogP contribution in [0.15, 0.2) is 16.7 Å². The van der Waals surface area contributed by atoms with Crippen molar-refractivity contribution in [1.82, 2.24) is 9.97 Å². The molecular formula is C17H22N2O4S2. The van der Waals surface area contributed by atoms with Crippen LogP contribution in [0.25, 0.3) is 10.9 Å². The fourth-order valence-electron chi connectivity index (χ4n) is 3.37. The van der Waals surface area contributed by atoms with E-state index < -0.39 is 5.79 Å². The van der Waals surface area contributed by atoms with Gasteiger partial charge in [0.05, 0.1) is 23.1 Å². The maximum atomic E-state index is 11.1. The fraction of sp³-hybridized carbons (Fsp3) is 0.647. The summed E-state index contributed by atoms with van der Waals surface area (Å²) in [5, 5.41) is 14.9. The standard InChI is InChI=1S/C17H22N2O4S2/c1-24-16-12-9-25-15(14(12)18-10-19-16)17(20)6-5-11(23-17)8-22-13-4-2-3-7-21-13/h9-11,13,20H,2-8H2,1H3. The molecule has 0 aromatic carbocycles. The molecule has 0 bridgehead atoms. The molecule has 25 heavy (non-hydrogen) atoms. The number of aromatic nitrogens is 2. The van der Waals surface area contributed by atoms with Crippen LogP contribution >= 0.6 is 23.1 Å². The fourth-order valence-corrected chi connectivity index (χ4v) is 5.04. The summed E-state index contributed by atoms with van der Waals surface area (Å²) in [5.74, 6) is -1.29. The summed E-state index contributed by atoms with van der Waals surface area (Å²) in [4.78, 5) is 9.43. The van der Waals surface area contributed by atoms with Crippen molar-refractivity contribution in [1.29, 1.82) is 0 Å². The van der Waals surface area contributed by atoms with E-state index in [-0.39, 0.29) is 12.4 Å². The van der Waals surface area contributed by atoms with Gasteiger partial charge in [0.25, 0.3) is 0 Å². The summed E-state index contributed by atoms with van der Waals surface area (Å²) in [7, 11) is 0. The van der Waals surface area contributed by atoms with Gasteiger partial charge >= 0.3 is 0 Å². The highest BCUT2D eigenvalue weighted by molar-refractivity contribution is 7.98. The van der Waals surface area contributed by atoms with Crippen molar-refractivity contribution in [3.63, 3.8) is 0 Å². The smallest absolute Gasteiger partial charge is 0.204 e.